The maximum Gasteiger partial charge on any atom is 0.417 e. The molecular formula is C10H10ClF3N2S. The average molecular weight is 283 g/mol. The molecule has 0 aromatic carbocycles. The Morgan fingerprint density at radius 1 is 1.47 bits per heavy atom. The summed E-state index contributed by atoms with van der Waals surface area (Å²) in [6, 6.07) is 1.14. The number of thioether (sulfide) groups is 1. The first-order valence-electron chi connectivity index (χ1n) is 5.04. The second-order valence-corrected chi connectivity index (χ2v) is 5.31. The van der Waals surface area contributed by atoms with Gasteiger partial charge in [0.25, 0.3) is 0 Å². The summed E-state index contributed by atoms with van der Waals surface area (Å²) < 4.78 is 37.1. The molecule has 0 amide bonds. The van der Waals surface area contributed by atoms with Crippen LogP contribution in [0.15, 0.2) is 12.3 Å². The van der Waals surface area contributed by atoms with Crippen molar-refractivity contribution in [3.8, 4) is 0 Å². The highest BCUT2D eigenvalue weighted by Crippen LogP contribution is 2.33. The quantitative estimate of drug-likeness (QED) is 0.896. The SMILES string of the molecule is FC(F)(F)c1cnc(NC2CCSC2)c(Cl)c1. The zero-order valence-corrected chi connectivity index (χ0v) is 10.3. The van der Waals surface area contributed by atoms with E-state index in [-0.39, 0.29) is 11.1 Å². The maximum atomic E-state index is 12.4. The molecule has 7 heteroatoms. The summed E-state index contributed by atoms with van der Waals surface area (Å²) in [7, 11) is 0. The fraction of sp³-hybridized carbons (Fsp3) is 0.500. The first-order chi connectivity index (χ1) is 7.97. The van der Waals surface area contributed by atoms with Crippen molar-refractivity contribution < 1.29 is 13.2 Å². The lowest BCUT2D eigenvalue weighted by Crippen LogP contribution is -2.19. The summed E-state index contributed by atoms with van der Waals surface area (Å²) in [5, 5.41) is 3.07. The molecule has 2 heterocycles. The van der Waals surface area contributed by atoms with Crippen LogP contribution in [-0.2, 0) is 6.18 Å². The fourth-order valence-electron chi connectivity index (χ4n) is 1.54. The van der Waals surface area contributed by atoms with Crippen LogP contribution >= 0.6 is 23.4 Å². The number of rotatable bonds is 2. The van der Waals surface area contributed by atoms with Crippen LogP contribution in [0.2, 0.25) is 5.02 Å². The van der Waals surface area contributed by atoms with E-state index in [2.05, 4.69) is 10.3 Å². The van der Waals surface area contributed by atoms with Gasteiger partial charge in [-0.3, -0.25) is 0 Å². The molecule has 1 N–H and O–H groups in total. The summed E-state index contributed by atoms with van der Waals surface area (Å²) in [4.78, 5) is 3.74. The van der Waals surface area contributed by atoms with Crippen molar-refractivity contribution in [3.63, 3.8) is 0 Å². The number of alkyl halides is 3. The molecule has 0 radical (unpaired) electrons. The second-order valence-electron chi connectivity index (χ2n) is 3.76. The van der Waals surface area contributed by atoms with E-state index in [0.717, 1.165) is 30.2 Å². The van der Waals surface area contributed by atoms with Gasteiger partial charge in [-0.2, -0.15) is 24.9 Å². The van der Waals surface area contributed by atoms with Gasteiger partial charge in [0.15, 0.2) is 0 Å². The normalized spacial score (nSPS) is 20.6. The molecule has 1 fully saturated rings. The molecule has 1 unspecified atom stereocenters. The molecule has 2 nitrogen and oxygen atoms in total. The van der Waals surface area contributed by atoms with E-state index in [1.807, 2.05) is 0 Å². The first kappa shape index (κ1) is 12.8. The van der Waals surface area contributed by atoms with Gasteiger partial charge in [0.1, 0.15) is 5.82 Å². The van der Waals surface area contributed by atoms with E-state index in [1.54, 1.807) is 11.8 Å². The summed E-state index contributed by atoms with van der Waals surface area (Å²) >= 11 is 7.58. The molecule has 1 aromatic heterocycles. The smallest absolute Gasteiger partial charge is 0.365 e. The molecule has 1 atom stereocenters. The predicted molar refractivity (Wildman–Crippen MR) is 63.6 cm³/mol. The second kappa shape index (κ2) is 4.94. The molecule has 17 heavy (non-hydrogen) atoms. The summed E-state index contributed by atoms with van der Waals surface area (Å²) in [5.74, 6) is 2.31. The molecular weight excluding hydrogens is 273 g/mol. The predicted octanol–water partition coefficient (Wildman–Crippen LogP) is 3.67. The van der Waals surface area contributed by atoms with Crippen molar-refractivity contribution in [2.24, 2.45) is 0 Å². The number of nitrogens with zero attached hydrogens (tertiary/aromatic N) is 1. The number of nitrogens with one attached hydrogen (secondary N) is 1. The lowest BCUT2D eigenvalue weighted by Gasteiger charge is -2.14. The van der Waals surface area contributed by atoms with Gasteiger partial charge in [-0.1, -0.05) is 11.6 Å². The van der Waals surface area contributed by atoms with E-state index in [4.69, 9.17) is 11.6 Å². The molecule has 1 aromatic rings. The van der Waals surface area contributed by atoms with Crippen LogP contribution in [0, 0.1) is 0 Å². The van der Waals surface area contributed by atoms with Gasteiger partial charge in [0.2, 0.25) is 0 Å². The Kier molecular flexibility index (Phi) is 3.73. The number of hydrogen-bond acceptors (Lipinski definition) is 3. The van der Waals surface area contributed by atoms with Crippen LogP contribution in [-0.4, -0.2) is 22.5 Å². The first-order valence-corrected chi connectivity index (χ1v) is 6.57. The minimum atomic E-state index is -4.40. The Morgan fingerprint density at radius 2 is 2.24 bits per heavy atom. The molecule has 1 saturated heterocycles. The average Bonchev–Trinajstić information content (AvgIpc) is 2.72. The highest BCUT2D eigenvalue weighted by molar-refractivity contribution is 7.99. The number of anilines is 1. The van der Waals surface area contributed by atoms with Crippen molar-refractivity contribution in [1.29, 1.82) is 0 Å². The van der Waals surface area contributed by atoms with E-state index in [0.29, 0.717) is 5.82 Å². The number of aromatic nitrogens is 1. The number of hydrogen-bond donors (Lipinski definition) is 1. The summed E-state index contributed by atoms with van der Waals surface area (Å²) in [6.45, 7) is 0. The van der Waals surface area contributed by atoms with E-state index < -0.39 is 11.7 Å². The lowest BCUT2D eigenvalue weighted by atomic mass is 10.2. The van der Waals surface area contributed by atoms with E-state index in [9.17, 15) is 13.2 Å². The maximum absolute atomic E-state index is 12.4. The van der Waals surface area contributed by atoms with E-state index in [1.165, 1.54) is 0 Å². The Hall–Kier alpha value is -0.620. The molecule has 94 valence electrons. The van der Waals surface area contributed by atoms with Crippen molar-refractivity contribution in [3.05, 3.63) is 22.8 Å². The van der Waals surface area contributed by atoms with Gasteiger partial charge in [-0.05, 0) is 18.2 Å². The third kappa shape index (κ3) is 3.19. The van der Waals surface area contributed by atoms with Crippen molar-refractivity contribution >= 4 is 29.2 Å². The molecule has 1 aliphatic heterocycles. The minimum absolute atomic E-state index is 0.0109. The van der Waals surface area contributed by atoms with E-state index >= 15 is 0 Å². The van der Waals surface area contributed by atoms with Crippen molar-refractivity contribution in [1.82, 2.24) is 4.98 Å². The minimum Gasteiger partial charge on any atom is -0.365 e. The van der Waals surface area contributed by atoms with Crippen LogP contribution in [0.1, 0.15) is 12.0 Å². The van der Waals surface area contributed by atoms with Crippen LogP contribution in [0.25, 0.3) is 0 Å². The van der Waals surface area contributed by atoms with Crippen LogP contribution < -0.4 is 5.32 Å². The highest BCUT2D eigenvalue weighted by Gasteiger charge is 2.31. The zero-order valence-electron chi connectivity index (χ0n) is 8.72. The molecule has 0 aliphatic carbocycles. The Balaban J connectivity index is 2.14. The van der Waals surface area contributed by atoms with Gasteiger partial charge in [-0.25, -0.2) is 4.98 Å². The van der Waals surface area contributed by atoms with Crippen molar-refractivity contribution in [2.75, 3.05) is 16.8 Å². The largest absolute Gasteiger partial charge is 0.417 e. The highest BCUT2D eigenvalue weighted by atomic mass is 35.5. The molecule has 2 rings (SSSR count). The van der Waals surface area contributed by atoms with Crippen LogP contribution in [0.4, 0.5) is 19.0 Å². The van der Waals surface area contributed by atoms with Crippen molar-refractivity contribution in [2.45, 2.75) is 18.6 Å². The Labute approximate surface area is 106 Å². The van der Waals surface area contributed by atoms with Gasteiger partial charge < -0.3 is 5.32 Å². The van der Waals surface area contributed by atoms with Gasteiger partial charge >= 0.3 is 6.18 Å². The molecule has 0 spiro atoms. The van der Waals surface area contributed by atoms with Gasteiger partial charge in [0.05, 0.1) is 10.6 Å². The zero-order chi connectivity index (χ0) is 12.5. The molecule has 0 bridgehead atoms. The van der Waals surface area contributed by atoms with Crippen LogP contribution in [0.5, 0.6) is 0 Å². The lowest BCUT2D eigenvalue weighted by molar-refractivity contribution is -0.137. The van der Waals surface area contributed by atoms with Gasteiger partial charge in [0, 0.05) is 18.0 Å². The Bertz CT molecular complexity index is 405. The number of halogens is 4. The molecule has 0 saturated carbocycles. The number of pyridine rings is 1. The third-order valence-electron chi connectivity index (χ3n) is 2.44. The Morgan fingerprint density at radius 3 is 2.76 bits per heavy atom. The fourth-order valence-corrected chi connectivity index (χ4v) is 2.91. The third-order valence-corrected chi connectivity index (χ3v) is 3.89. The standard InChI is InChI=1S/C10H10ClF3N2S/c11-8-3-6(10(12,13)14)4-15-9(8)16-7-1-2-17-5-7/h3-4,7H,1-2,5H2,(H,15,16). The summed E-state index contributed by atoms with van der Waals surface area (Å²) in [6.07, 6.45) is -2.63. The monoisotopic (exact) mass is 282 g/mol. The van der Waals surface area contributed by atoms with Crippen LogP contribution in [0.3, 0.4) is 0 Å². The van der Waals surface area contributed by atoms with Gasteiger partial charge in [-0.15, -0.1) is 0 Å². The summed E-state index contributed by atoms with van der Waals surface area (Å²) in [5.41, 5.74) is -0.825. The topological polar surface area (TPSA) is 24.9 Å². The molecule has 1 aliphatic rings.